The first-order chi connectivity index (χ1) is 11.3. The van der Waals surface area contributed by atoms with E-state index in [1.54, 1.807) is 12.1 Å². The lowest BCUT2D eigenvalue weighted by atomic mass is 10.1. The summed E-state index contributed by atoms with van der Waals surface area (Å²) in [5.74, 6) is 1.77. The van der Waals surface area contributed by atoms with Crippen LogP contribution in [0.15, 0.2) is 39.5 Å². The predicted molar refractivity (Wildman–Crippen MR) is 98.8 cm³/mol. The Morgan fingerprint density at radius 3 is 2.26 bits per heavy atom. The highest BCUT2D eigenvalue weighted by molar-refractivity contribution is 7.80. The highest BCUT2D eigenvalue weighted by atomic mass is 32.1. The largest absolute Gasteiger partial charge is 0.493 e. The van der Waals surface area contributed by atoms with Crippen LogP contribution in [-0.2, 0) is 0 Å². The van der Waals surface area contributed by atoms with Crippen LogP contribution >= 0.6 is 12.6 Å². The molecule has 0 saturated heterocycles. The molecule has 0 bridgehead atoms. The third kappa shape index (κ3) is 6.69. The van der Waals surface area contributed by atoms with Crippen LogP contribution < -0.4 is 10.4 Å². The second-order valence-electron chi connectivity index (χ2n) is 5.85. The first-order valence-corrected chi connectivity index (χ1v) is 9.20. The first kappa shape index (κ1) is 17.9. The SMILES string of the molecule is O=c1ccc2ccc(OCCCCCCCCCCS)cc2o1. The number of unbranched alkanes of at least 4 members (excludes halogenated alkanes) is 7. The van der Waals surface area contributed by atoms with Gasteiger partial charge in [-0.3, -0.25) is 0 Å². The van der Waals surface area contributed by atoms with Crippen molar-refractivity contribution in [2.24, 2.45) is 0 Å². The average Bonchev–Trinajstić information content (AvgIpc) is 2.56. The van der Waals surface area contributed by atoms with Gasteiger partial charge in [0.1, 0.15) is 11.3 Å². The van der Waals surface area contributed by atoms with E-state index < -0.39 is 0 Å². The summed E-state index contributed by atoms with van der Waals surface area (Å²) in [4.78, 5) is 11.2. The van der Waals surface area contributed by atoms with Gasteiger partial charge < -0.3 is 9.15 Å². The van der Waals surface area contributed by atoms with E-state index in [-0.39, 0.29) is 5.63 Å². The van der Waals surface area contributed by atoms with Gasteiger partial charge >= 0.3 is 5.63 Å². The minimum absolute atomic E-state index is 0.330. The van der Waals surface area contributed by atoms with Crippen molar-refractivity contribution in [3.8, 4) is 5.75 Å². The zero-order chi connectivity index (χ0) is 16.3. The van der Waals surface area contributed by atoms with Crippen LogP contribution in [0, 0.1) is 0 Å². The van der Waals surface area contributed by atoms with E-state index in [9.17, 15) is 4.79 Å². The second-order valence-corrected chi connectivity index (χ2v) is 6.30. The Labute approximate surface area is 143 Å². The zero-order valence-electron chi connectivity index (χ0n) is 13.6. The molecule has 1 aromatic heterocycles. The van der Waals surface area contributed by atoms with Gasteiger partial charge in [-0.15, -0.1) is 0 Å². The van der Waals surface area contributed by atoms with Crippen molar-refractivity contribution in [2.45, 2.75) is 51.4 Å². The van der Waals surface area contributed by atoms with Crippen molar-refractivity contribution in [1.82, 2.24) is 0 Å². The molecule has 0 aliphatic carbocycles. The maximum atomic E-state index is 11.2. The molecule has 1 aromatic carbocycles. The van der Waals surface area contributed by atoms with E-state index in [1.165, 1.54) is 51.0 Å². The Hall–Kier alpha value is -1.42. The molecule has 0 saturated carbocycles. The van der Waals surface area contributed by atoms with E-state index in [1.807, 2.05) is 12.1 Å². The van der Waals surface area contributed by atoms with Gasteiger partial charge in [-0.25, -0.2) is 4.79 Å². The molecule has 0 atom stereocenters. The molecular formula is C19H26O3S. The molecule has 0 aliphatic heterocycles. The van der Waals surface area contributed by atoms with Crippen LogP contribution in [0.4, 0.5) is 0 Å². The van der Waals surface area contributed by atoms with E-state index >= 15 is 0 Å². The quantitative estimate of drug-likeness (QED) is 0.348. The highest BCUT2D eigenvalue weighted by Crippen LogP contribution is 2.19. The van der Waals surface area contributed by atoms with E-state index in [0.717, 1.165) is 23.3 Å². The molecule has 4 heteroatoms. The van der Waals surface area contributed by atoms with Gasteiger partial charge in [-0.1, -0.05) is 38.5 Å². The van der Waals surface area contributed by atoms with Crippen molar-refractivity contribution in [3.05, 3.63) is 40.8 Å². The number of thiol groups is 1. The Morgan fingerprint density at radius 2 is 1.52 bits per heavy atom. The molecule has 126 valence electrons. The van der Waals surface area contributed by atoms with E-state index in [4.69, 9.17) is 9.15 Å². The van der Waals surface area contributed by atoms with Gasteiger partial charge in [0.05, 0.1) is 6.61 Å². The van der Waals surface area contributed by atoms with E-state index in [2.05, 4.69) is 12.6 Å². The van der Waals surface area contributed by atoms with Gasteiger partial charge in [0, 0.05) is 17.5 Å². The summed E-state index contributed by atoms with van der Waals surface area (Å²) in [5, 5.41) is 0.912. The molecule has 0 unspecified atom stereocenters. The van der Waals surface area contributed by atoms with Gasteiger partial charge in [-0.2, -0.15) is 12.6 Å². The smallest absolute Gasteiger partial charge is 0.336 e. The standard InChI is InChI=1S/C19H26O3S/c20-19-12-10-16-9-11-17(15-18(16)22-19)21-13-7-5-3-1-2-4-6-8-14-23/h9-12,15,23H,1-8,13-14H2. The third-order valence-electron chi connectivity index (χ3n) is 3.92. The van der Waals surface area contributed by atoms with Gasteiger partial charge in [0.25, 0.3) is 0 Å². The summed E-state index contributed by atoms with van der Waals surface area (Å²) in [6.45, 7) is 0.711. The fraction of sp³-hybridized carbons (Fsp3) is 0.526. The minimum atomic E-state index is -0.330. The lowest BCUT2D eigenvalue weighted by molar-refractivity contribution is 0.304. The number of hydrogen-bond acceptors (Lipinski definition) is 4. The molecule has 0 fully saturated rings. The molecule has 0 aliphatic rings. The van der Waals surface area contributed by atoms with Crippen molar-refractivity contribution in [3.63, 3.8) is 0 Å². The van der Waals surface area contributed by atoms with Crippen LogP contribution in [0.25, 0.3) is 11.0 Å². The first-order valence-electron chi connectivity index (χ1n) is 8.57. The molecule has 2 rings (SSSR count). The number of hydrogen-bond donors (Lipinski definition) is 1. The molecule has 0 radical (unpaired) electrons. The Morgan fingerprint density at radius 1 is 0.870 bits per heavy atom. The third-order valence-corrected chi connectivity index (χ3v) is 4.23. The molecule has 3 nitrogen and oxygen atoms in total. The molecule has 0 N–H and O–H groups in total. The number of rotatable bonds is 11. The molecule has 23 heavy (non-hydrogen) atoms. The Kier molecular flexibility index (Phi) is 8.08. The highest BCUT2D eigenvalue weighted by Gasteiger charge is 2.00. The number of ether oxygens (including phenoxy) is 1. The topological polar surface area (TPSA) is 39.4 Å². The van der Waals surface area contributed by atoms with Crippen molar-refractivity contribution < 1.29 is 9.15 Å². The van der Waals surface area contributed by atoms with Crippen molar-refractivity contribution >= 4 is 23.6 Å². The fourth-order valence-corrected chi connectivity index (χ4v) is 2.82. The monoisotopic (exact) mass is 334 g/mol. The Bertz CT molecular complexity index is 636. The van der Waals surface area contributed by atoms with Crippen LogP contribution in [0.2, 0.25) is 0 Å². The molecule has 0 amide bonds. The van der Waals surface area contributed by atoms with Crippen LogP contribution in [0.5, 0.6) is 5.75 Å². The maximum absolute atomic E-state index is 11.2. The number of benzene rings is 1. The Balaban J connectivity index is 1.60. The van der Waals surface area contributed by atoms with Gasteiger partial charge in [-0.05, 0) is 36.8 Å². The van der Waals surface area contributed by atoms with Crippen molar-refractivity contribution in [2.75, 3.05) is 12.4 Å². The summed E-state index contributed by atoms with van der Waals surface area (Å²) in [7, 11) is 0. The maximum Gasteiger partial charge on any atom is 0.336 e. The van der Waals surface area contributed by atoms with E-state index in [0.29, 0.717) is 12.2 Å². The lowest BCUT2D eigenvalue weighted by Crippen LogP contribution is -1.98. The van der Waals surface area contributed by atoms with Crippen LogP contribution in [0.3, 0.4) is 0 Å². The minimum Gasteiger partial charge on any atom is -0.493 e. The second kappa shape index (κ2) is 10.4. The summed E-state index contributed by atoms with van der Waals surface area (Å²) >= 11 is 4.22. The molecule has 1 heterocycles. The van der Waals surface area contributed by atoms with Crippen molar-refractivity contribution in [1.29, 1.82) is 0 Å². The van der Waals surface area contributed by atoms with Gasteiger partial charge in [0.15, 0.2) is 0 Å². The normalized spacial score (nSPS) is 11.0. The van der Waals surface area contributed by atoms with Gasteiger partial charge in [0.2, 0.25) is 0 Å². The number of fused-ring (bicyclic) bond motifs is 1. The molecule has 2 aromatic rings. The lowest BCUT2D eigenvalue weighted by Gasteiger charge is -2.07. The summed E-state index contributed by atoms with van der Waals surface area (Å²) < 4.78 is 10.9. The summed E-state index contributed by atoms with van der Waals surface area (Å²) in [6, 6.07) is 8.82. The average molecular weight is 334 g/mol. The molecule has 0 spiro atoms. The fourth-order valence-electron chi connectivity index (χ4n) is 2.60. The molecular weight excluding hydrogens is 308 g/mol. The van der Waals surface area contributed by atoms with Crippen LogP contribution in [0.1, 0.15) is 51.4 Å². The summed E-state index contributed by atoms with van der Waals surface area (Å²) in [6.07, 6.45) is 10.1. The van der Waals surface area contributed by atoms with Crippen LogP contribution in [-0.4, -0.2) is 12.4 Å². The zero-order valence-corrected chi connectivity index (χ0v) is 14.5. The predicted octanol–water partition coefficient (Wildman–Crippen LogP) is 5.22. The summed E-state index contributed by atoms with van der Waals surface area (Å²) in [5.41, 5.74) is 0.250.